The molecular formula is C18H37N3. The molecule has 0 aromatic rings. The van der Waals surface area contributed by atoms with Crippen LogP contribution in [-0.2, 0) is 0 Å². The van der Waals surface area contributed by atoms with Gasteiger partial charge in [0.05, 0.1) is 0 Å². The third-order valence-corrected chi connectivity index (χ3v) is 5.26. The molecule has 124 valence electrons. The summed E-state index contributed by atoms with van der Waals surface area (Å²) >= 11 is 0. The lowest BCUT2D eigenvalue weighted by molar-refractivity contribution is 0.0828. The number of likely N-dealkylation sites (tertiary alicyclic amines) is 1. The summed E-state index contributed by atoms with van der Waals surface area (Å²) in [6.45, 7) is 17.0. The Kier molecular flexibility index (Phi) is 6.97. The number of piperidine rings is 1. The van der Waals surface area contributed by atoms with Crippen LogP contribution in [0, 0.1) is 11.8 Å². The highest BCUT2D eigenvalue weighted by Gasteiger charge is 2.29. The van der Waals surface area contributed by atoms with Crippen molar-refractivity contribution in [1.29, 1.82) is 0 Å². The van der Waals surface area contributed by atoms with E-state index in [0.29, 0.717) is 6.04 Å². The van der Waals surface area contributed by atoms with E-state index in [0.717, 1.165) is 17.9 Å². The highest BCUT2D eigenvalue weighted by Crippen LogP contribution is 2.18. The molecular weight excluding hydrogens is 258 g/mol. The lowest BCUT2D eigenvalue weighted by atomic mass is 9.95. The molecule has 0 radical (unpaired) electrons. The van der Waals surface area contributed by atoms with Crippen LogP contribution in [0.25, 0.3) is 0 Å². The Morgan fingerprint density at radius 1 is 1.00 bits per heavy atom. The average Bonchev–Trinajstić information content (AvgIpc) is 2.46. The predicted molar refractivity (Wildman–Crippen MR) is 91.7 cm³/mol. The van der Waals surface area contributed by atoms with E-state index in [-0.39, 0.29) is 0 Å². The van der Waals surface area contributed by atoms with Crippen molar-refractivity contribution in [1.82, 2.24) is 15.1 Å². The number of nitrogens with one attached hydrogen (secondary N) is 1. The van der Waals surface area contributed by atoms with Gasteiger partial charge in [0.2, 0.25) is 0 Å². The Morgan fingerprint density at radius 3 is 2.33 bits per heavy atom. The first-order chi connectivity index (χ1) is 10.1. The van der Waals surface area contributed by atoms with Gasteiger partial charge in [0, 0.05) is 38.3 Å². The molecule has 21 heavy (non-hydrogen) atoms. The van der Waals surface area contributed by atoms with Gasteiger partial charge in [-0.2, -0.15) is 0 Å². The molecule has 0 bridgehead atoms. The summed E-state index contributed by atoms with van der Waals surface area (Å²) in [5, 5.41) is 3.79. The molecule has 2 saturated heterocycles. The van der Waals surface area contributed by atoms with Gasteiger partial charge in [-0.1, -0.05) is 34.1 Å². The van der Waals surface area contributed by atoms with Gasteiger partial charge in [-0.15, -0.1) is 0 Å². The van der Waals surface area contributed by atoms with Crippen LogP contribution < -0.4 is 5.32 Å². The number of nitrogens with zero attached hydrogens (tertiary/aromatic N) is 2. The normalized spacial score (nSPS) is 29.4. The van der Waals surface area contributed by atoms with Gasteiger partial charge in [0.15, 0.2) is 0 Å². The minimum Gasteiger partial charge on any atom is -0.311 e. The maximum Gasteiger partial charge on any atom is 0.0224 e. The van der Waals surface area contributed by atoms with Crippen molar-refractivity contribution >= 4 is 0 Å². The molecule has 2 rings (SSSR count). The van der Waals surface area contributed by atoms with Gasteiger partial charge in [0.25, 0.3) is 0 Å². The Balaban J connectivity index is 1.85. The first-order valence-electron chi connectivity index (χ1n) is 9.26. The molecule has 3 heteroatoms. The first-order valence-corrected chi connectivity index (χ1v) is 9.26. The van der Waals surface area contributed by atoms with E-state index in [2.05, 4.69) is 42.8 Å². The smallest absolute Gasteiger partial charge is 0.0224 e. The van der Waals surface area contributed by atoms with E-state index in [1.54, 1.807) is 0 Å². The molecule has 3 nitrogen and oxygen atoms in total. The molecule has 2 fully saturated rings. The summed E-state index contributed by atoms with van der Waals surface area (Å²) in [7, 11) is 0. The van der Waals surface area contributed by atoms with Crippen molar-refractivity contribution in [3.63, 3.8) is 0 Å². The maximum absolute atomic E-state index is 3.79. The molecule has 0 aromatic heterocycles. The van der Waals surface area contributed by atoms with Crippen molar-refractivity contribution in [3.8, 4) is 0 Å². The van der Waals surface area contributed by atoms with Crippen LogP contribution in [0.4, 0.5) is 0 Å². The van der Waals surface area contributed by atoms with E-state index in [1.165, 1.54) is 65.0 Å². The van der Waals surface area contributed by atoms with Crippen LogP contribution in [0.3, 0.4) is 0 Å². The molecule has 2 heterocycles. The van der Waals surface area contributed by atoms with Crippen molar-refractivity contribution in [2.75, 3.05) is 39.3 Å². The molecule has 0 aromatic carbocycles. The lowest BCUT2D eigenvalue weighted by Crippen LogP contribution is -2.59. The van der Waals surface area contributed by atoms with Gasteiger partial charge in [-0.05, 0) is 44.2 Å². The minimum atomic E-state index is 0.676. The number of piperazine rings is 1. The van der Waals surface area contributed by atoms with Crippen LogP contribution in [0.5, 0.6) is 0 Å². The van der Waals surface area contributed by atoms with Gasteiger partial charge < -0.3 is 10.2 Å². The van der Waals surface area contributed by atoms with E-state index in [9.17, 15) is 0 Å². The van der Waals surface area contributed by atoms with Gasteiger partial charge >= 0.3 is 0 Å². The molecule has 1 N–H and O–H groups in total. The Bertz CT molecular complexity index is 284. The molecule has 0 aliphatic carbocycles. The molecule has 0 spiro atoms. The summed E-state index contributed by atoms with van der Waals surface area (Å²) in [5.74, 6) is 1.53. The molecule has 2 aliphatic heterocycles. The fourth-order valence-corrected chi connectivity index (χ4v) is 3.83. The van der Waals surface area contributed by atoms with E-state index in [1.807, 2.05) is 0 Å². The molecule has 0 saturated carbocycles. The van der Waals surface area contributed by atoms with Gasteiger partial charge in [-0.25, -0.2) is 0 Å². The van der Waals surface area contributed by atoms with E-state index >= 15 is 0 Å². The minimum absolute atomic E-state index is 0.676. The lowest BCUT2D eigenvalue weighted by Gasteiger charge is -2.43. The summed E-state index contributed by atoms with van der Waals surface area (Å²) in [6, 6.07) is 1.42. The molecule has 2 aliphatic rings. The van der Waals surface area contributed by atoms with Crippen molar-refractivity contribution in [2.24, 2.45) is 11.8 Å². The average molecular weight is 296 g/mol. The second kappa shape index (κ2) is 8.50. The van der Waals surface area contributed by atoms with Gasteiger partial charge in [0.1, 0.15) is 0 Å². The maximum atomic E-state index is 3.79. The van der Waals surface area contributed by atoms with Crippen molar-refractivity contribution < 1.29 is 0 Å². The fourth-order valence-electron chi connectivity index (χ4n) is 3.83. The monoisotopic (exact) mass is 295 g/mol. The second-order valence-electron chi connectivity index (χ2n) is 7.94. The largest absolute Gasteiger partial charge is 0.311 e. The zero-order valence-electron chi connectivity index (χ0n) is 14.8. The van der Waals surface area contributed by atoms with Crippen LogP contribution >= 0.6 is 0 Å². The third-order valence-electron chi connectivity index (χ3n) is 5.26. The quantitative estimate of drug-likeness (QED) is 0.813. The first kappa shape index (κ1) is 17.2. The zero-order chi connectivity index (χ0) is 15.2. The summed E-state index contributed by atoms with van der Waals surface area (Å²) < 4.78 is 0. The SMILES string of the molecule is CC(C)CC1CNC(C(C)C)CN1CCN1CCCCC1. The summed E-state index contributed by atoms with van der Waals surface area (Å²) in [5.41, 5.74) is 0. The zero-order valence-corrected chi connectivity index (χ0v) is 14.8. The predicted octanol–water partition coefficient (Wildman–Crippen LogP) is 2.82. The van der Waals surface area contributed by atoms with Gasteiger partial charge in [-0.3, -0.25) is 4.90 Å². The van der Waals surface area contributed by atoms with Crippen LogP contribution in [0.1, 0.15) is 53.4 Å². The number of hydrogen-bond acceptors (Lipinski definition) is 3. The van der Waals surface area contributed by atoms with E-state index < -0.39 is 0 Å². The Morgan fingerprint density at radius 2 is 1.71 bits per heavy atom. The Hall–Kier alpha value is -0.120. The second-order valence-corrected chi connectivity index (χ2v) is 7.94. The van der Waals surface area contributed by atoms with E-state index in [4.69, 9.17) is 0 Å². The van der Waals surface area contributed by atoms with Crippen LogP contribution in [-0.4, -0.2) is 61.2 Å². The third kappa shape index (κ3) is 5.54. The fraction of sp³-hybridized carbons (Fsp3) is 1.00. The highest BCUT2D eigenvalue weighted by molar-refractivity contribution is 4.88. The highest BCUT2D eigenvalue weighted by atomic mass is 15.3. The molecule has 2 atom stereocenters. The summed E-state index contributed by atoms with van der Waals surface area (Å²) in [6.07, 6.45) is 5.59. The Labute approximate surface area is 132 Å². The van der Waals surface area contributed by atoms with Crippen molar-refractivity contribution in [2.45, 2.75) is 65.5 Å². The van der Waals surface area contributed by atoms with Crippen molar-refractivity contribution in [3.05, 3.63) is 0 Å². The van der Waals surface area contributed by atoms with Crippen LogP contribution in [0.15, 0.2) is 0 Å². The standard InChI is InChI=1S/C18H37N3/c1-15(2)12-17-13-19-18(16(3)4)14-21(17)11-10-20-8-6-5-7-9-20/h15-19H,5-14H2,1-4H3. The summed E-state index contributed by atoms with van der Waals surface area (Å²) in [4.78, 5) is 5.47. The number of rotatable bonds is 6. The molecule has 2 unspecified atom stereocenters. The molecule has 0 amide bonds. The topological polar surface area (TPSA) is 18.5 Å². The number of hydrogen-bond donors (Lipinski definition) is 1. The van der Waals surface area contributed by atoms with Crippen LogP contribution in [0.2, 0.25) is 0 Å².